The SMILES string of the molecule is CCOC(=O)[C@H]1CNCC[C@H]1c1ccc(F)c(F)c1. The molecule has 1 aliphatic rings. The third-order valence-corrected chi connectivity index (χ3v) is 3.44. The zero-order valence-electron chi connectivity index (χ0n) is 10.8. The Morgan fingerprint density at radius 2 is 2.21 bits per heavy atom. The van der Waals surface area contributed by atoms with Crippen molar-refractivity contribution in [2.24, 2.45) is 5.92 Å². The van der Waals surface area contributed by atoms with E-state index in [0.29, 0.717) is 25.1 Å². The van der Waals surface area contributed by atoms with Crippen molar-refractivity contribution in [2.45, 2.75) is 19.3 Å². The van der Waals surface area contributed by atoms with Gasteiger partial charge >= 0.3 is 5.97 Å². The number of carbonyl (C=O) groups is 1. The first-order chi connectivity index (χ1) is 9.13. The molecular weight excluding hydrogens is 252 g/mol. The molecule has 1 heterocycles. The Hall–Kier alpha value is -1.49. The minimum Gasteiger partial charge on any atom is -0.466 e. The first kappa shape index (κ1) is 13.9. The second-order valence-corrected chi connectivity index (χ2v) is 4.63. The van der Waals surface area contributed by atoms with Crippen LogP contribution in [0.2, 0.25) is 0 Å². The van der Waals surface area contributed by atoms with Crippen molar-refractivity contribution in [3.8, 4) is 0 Å². The van der Waals surface area contributed by atoms with Crippen molar-refractivity contribution in [3.05, 3.63) is 35.4 Å². The molecule has 0 unspecified atom stereocenters. The number of esters is 1. The molecule has 2 rings (SSSR count). The quantitative estimate of drug-likeness (QED) is 0.855. The van der Waals surface area contributed by atoms with Crippen LogP contribution in [0.3, 0.4) is 0 Å². The lowest BCUT2D eigenvalue weighted by atomic mass is 9.81. The molecule has 3 nitrogen and oxygen atoms in total. The summed E-state index contributed by atoms with van der Waals surface area (Å²) in [5.41, 5.74) is 0.651. The van der Waals surface area contributed by atoms with Gasteiger partial charge in [0.2, 0.25) is 0 Å². The summed E-state index contributed by atoms with van der Waals surface area (Å²) in [6.45, 7) is 3.32. The Morgan fingerprint density at radius 1 is 1.42 bits per heavy atom. The number of halogens is 2. The van der Waals surface area contributed by atoms with Gasteiger partial charge in [-0.25, -0.2) is 8.78 Å². The first-order valence-electron chi connectivity index (χ1n) is 6.45. The van der Waals surface area contributed by atoms with Gasteiger partial charge in [0.05, 0.1) is 12.5 Å². The fourth-order valence-corrected chi connectivity index (χ4v) is 2.50. The number of benzene rings is 1. The summed E-state index contributed by atoms with van der Waals surface area (Å²) in [7, 11) is 0. The van der Waals surface area contributed by atoms with Gasteiger partial charge in [0.25, 0.3) is 0 Å². The molecule has 19 heavy (non-hydrogen) atoms. The van der Waals surface area contributed by atoms with Crippen LogP contribution >= 0.6 is 0 Å². The number of piperidine rings is 1. The Bertz CT molecular complexity index is 465. The summed E-state index contributed by atoms with van der Waals surface area (Å²) >= 11 is 0. The van der Waals surface area contributed by atoms with E-state index >= 15 is 0 Å². The number of hydrogen-bond acceptors (Lipinski definition) is 3. The summed E-state index contributed by atoms with van der Waals surface area (Å²) in [6.07, 6.45) is 0.703. The molecule has 5 heteroatoms. The van der Waals surface area contributed by atoms with E-state index in [-0.39, 0.29) is 17.8 Å². The van der Waals surface area contributed by atoms with Crippen LogP contribution in [0.15, 0.2) is 18.2 Å². The maximum Gasteiger partial charge on any atom is 0.310 e. The lowest BCUT2D eigenvalue weighted by Gasteiger charge is -2.30. The molecule has 1 fully saturated rings. The minimum absolute atomic E-state index is 0.129. The largest absolute Gasteiger partial charge is 0.466 e. The summed E-state index contributed by atoms with van der Waals surface area (Å²) < 4.78 is 31.3. The average Bonchev–Trinajstić information content (AvgIpc) is 2.42. The second-order valence-electron chi connectivity index (χ2n) is 4.63. The highest BCUT2D eigenvalue weighted by molar-refractivity contribution is 5.74. The molecule has 1 aliphatic heterocycles. The Morgan fingerprint density at radius 3 is 2.89 bits per heavy atom. The molecule has 0 aliphatic carbocycles. The van der Waals surface area contributed by atoms with Gasteiger partial charge in [-0.3, -0.25) is 4.79 Å². The smallest absolute Gasteiger partial charge is 0.310 e. The maximum atomic E-state index is 13.3. The van der Waals surface area contributed by atoms with E-state index < -0.39 is 11.6 Å². The molecule has 1 saturated heterocycles. The van der Waals surface area contributed by atoms with Gasteiger partial charge < -0.3 is 10.1 Å². The van der Waals surface area contributed by atoms with E-state index in [1.807, 2.05) is 0 Å². The topological polar surface area (TPSA) is 38.3 Å². The molecule has 1 aromatic carbocycles. The highest BCUT2D eigenvalue weighted by Gasteiger charge is 2.33. The normalized spacial score (nSPS) is 23.1. The van der Waals surface area contributed by atoms with E-state index in [1.165, 1.54) is 6.07 Å². The van der Waals surface area contributed by atoms with Gasteiger partial charge in [0.15, 0.2) is 11.6 Å². The number of ether oxygens (including phenoxy) is 1. The van der Waals surface area contributed by atoms with Gasteiger partial charge in [-0.15, -0.1) is 0 Å². The van der Waals surface area contributed by atoms with E-state index in [2.05, 4.69) is 5.32 Å². The maximum absolute atomic E-state index is 13.3. The van der Waals surface area contributed by atoms with Crippen LogP contribution in [0.1, 0.15) is 24.8 Å². The lowest BCUT2D eigenvalue weighted by molar-refractivity contribution is -0.149. The zero-order valence-corrected chi connectivity index (χ0v) is 10.8. The summed E-state index contributed by atoms with van der Waals surface area (Å²) in [4.78, 5) is 11.9. The standard InChI is InChI=1S/C14H17F2NO2/c1-2-19-14(18)11-8-17-6-5-10(11)9-3-4-12(15)13(16)7-9/h3-4,7,10-11,17H,2,5-6,8H2,1H3/t10-,11-/m0/s1. The van der Waals surface area contributed by atoms with Gasteiger partial charge in [0, 0.05) is 6.54 Å². The van der Waals surface area contributed by atoms with Crippen LogP contribution in [0.25, 0.3) is 0 Å². The Balaban J connectivity index is 2.23. The van der Waals surface area contributed by atoms with Crippen LogP contribution in [0.4, 0.5) is 8.78 Å². The van der Waals surface area contributed by atoms with E-state index in [1.54, 1.807) is 13.0 Å². The predicted octanol–water partition coefficient (Wildman–Crippen LogP) is 2.22. The monoisotopic (exact) mass is 269 g/mol. The van der Waals surface area contributed by atoms with Crippen molar-refractivity contribution in [1.82, 2.24) is 5.32 Å². The number of hydrogen-bond donors (Lipinski definition) is 1. The fourth-order valence-electron chi connectivity index (χ4n) is 2.50. The molecule has 0 spiro atoms. The summed E-state index contributed by atoms with van der Waals surface area (Å²) in [5.74, 6) is -2.51. The highest BCUT2D eigenvalue weighted by Crippen LogP contribution is 2.31. The fraction of sp³-hybridized carbons (Fsp3) is 0.500. The molecule has 1 aromatic rings. The predicted molar refractivity (Wildman–Crippen MR) is 66.7 cm³/mol. The molecular formula is C14H17F2NO2. The molecule has 2 atom stereocenters. The van der Waals surface area contributed by atoms with Gasteiger partial charge in [-0.2, -0.15) is 0 Å². The molecule has 104 valence electrons. The molecule has 0 amide bonds. The zero-order chi connectivity index (χ0) is 13.8. The van der Waals surface area contributed by atoms with E-state index in [9.17, 15) is 13.6 Å². The molecule has 0 aromatic heterocycles. The number of rotatable bonds is 3. The molecule has 0 radical (unpaired) electrons. The van der Waals surface area contributed by atoms with Gasteiger partial charge in [0.1, 0.15) is 0 Å². The van der Waals surface area contributed by atoms with Crippen LogP contribution in [-0.4, -0.2) is 25.7 Å². The second kappa shape index (κ2) is 6.10. The average molecular weight is 269 g/mol. The van der Waals surface area contributed by atoms with Gasteiger partial charge in [-0.05, 0) is 43.5 Å². The summed E-state index contributed by atoms with van der Waals surface area (Å²) in [5, 5.41) is 3.13. The van der Waals surface area contributed by atoms with E-state index in [4.69, 9.17) is 4.74 Å². The third-order valence-electron chi connectivity index (χ3n) is 3.44. The lowest BCUT2D eigenvalue weighted by Crippen LogP contribution is -2.40. The first-order valence-corrected chi connectivity index (χ1v) is 6.45. The number of nitrogens with one attached hydrogen (secondary N) is 1. The van der Waals surface area contributed by atoms with E-state index in [0.717, 1.165) is 12.6 Å². The van der Waals surface area contributed by atoms with Gasteiger partial charge in [-0.1, -0.05) is 6.07 Å². The van der Waals surface area contributed by atoms with Crippen LogP contribution in [0.5, 0.6) is 0 Å². The molecule has 0 bridgehead atoms. The van der Waals surface area contributed by atoms with Crippen LogP contribution < -0.4 is 5.32 Å². The minimum atomic E-state index is -0.876. The van der Waals surface area contributed by atoms with Crippen LogP contribution in [-0.2, 0) is 9.53 Å². The van der Waals surface area contributed by atoms with Crippen molar-refractivity contribution in [1.29, 1.82) is 0 Å². The Kier molecular flexibility index (Phi) is 4.47. The highest BCUT2D eigenvalue weighted by atomic mass is 19.2. The third kappa shape index (κ3) is 3.10. The Labute approximate surface area is 111 Å². The molecule has 1 N–H and O–H groups in total. The van der Waals surface area contributed by atoms with Crippen molar-refractivity contribution >= 4 is 5.97 Å². The summed E-state index contributed by atoms with van der Waals surface area (Å²) in [6, 6.07) is 3.83. The van der Waals surface area contributed by atoms with Crippen molar-refractivity contribution < 1.29 is 18.3 Å². The number of carbonyl (C=O) groups excluding carboxylic acids is 1. The van der Waals surface area contributed by atoms with Crippen LogP contribution in [0, 0.1) is 17.6 Å². The molecule has 0 saturated carbocycles. The van der Waals surface area contributed by atoms with Crippen molar-refractivity contribution in [2.75, 3.05) is 19.7 Å². The van der Waals surface area contributed by atoms with Crippen molar-refractivity contribution in [3.63, 3.8) is 0 Å².